The fourth-order valence-electron chi connectivity index (χ4n) is 3.14. The van der Waals surface area contributed by atoms with Gasteiger partial charge in [-0.2, -0.15) is 11.8 Å². The largest absolute Gasteiger partial charge is 0.162 e. The van der Waals surface area contributed by atoms with Crippen molar-refractivity contribution in [3.8, 4) is 0 Å². The molecule has 14 heavy (non-hydrogen) atoms. The summed E-state index contributed by atoms with van der Waals surface area (Å²) in [5.41, 5.74) is 0.756. The van der Waals surface area contributed by atoms with Crippen LogP contribution in [-0.2, 0) is 0 Å². The number of hydrogen-bond donors (Lipinski definition) is 0. The molecule has 2 aliphatic rings. The van der Waals surface area contributed by atoms with Crippen LogP contribution in [0.25, 0.3) is 0 Å². The van der Waals surface area contributed by atoms with Crippen molar-refractivity contribution in [1.82, 2.24) is 0 Å². The van der Waals surface area contributed by atoms with Crippen LogP contribution in [0.5, 0.6) is 0 Å². The quantitative estimate of drug-likeness (QED) is 0.532. The molecule has 0 radical (unpaired) electrons. The SMILES string of the molecule is ICC1(C2CCCCC2)CCSCC1. The van der Waals surface area contributed by atoms with E-state index in [0.29, 0.717) is 0 Å². The maximum Gasteiger partial charge on any atom is 0.00552 e. The van der Waals surface area contributed by atoms with Gasteiger partial charge in [-0.1, -0.05) is 41.9 Å². The van der Waals surface area contributed by atoms with Crippen LogP contribution >= 0.6 is 34.4 Å². The zero-order valence-corrected chi connectivity index (χ0v) is 11.9. The van der Waals surface area contributed by atoms with E-state index in [1.165, 1.54) is 60.9 Å². The fraction of sp³-hybridized carbons (Fsp3) is 1.00. The maximum atomic E-state index is 2.65. The molecule has 0 N–H and O–H groups in total. The molecule has 0 spiro atoms. The van der Waals surface area contributed by atoms with Gasteiger partial charge in [-0.15, -0.1) is 0 Å². The van der Waals surface area contributed by atoms with Crippen LogP contribution in [0, 0.1) is 11.3 Å². The first-order valence-electron chi connectivity index (χ1n) is 6.01. The summed E-state index contributed by atoms with van der Waals surface area (Å²) in [5, 5.41) is 0. The number of halogens is 1. The minimum Gasteiger partial charge on any atom is -0.162 e. The van der Waals surface area contributed by atoms with Crippen LogP contribution in [-0.4, -0.2) is 15.9 Å². The Morgan fingerprint density at radius 3 is 2.29 bits per heavy atom. The molecule has 1 heterocycles. The molecule has 0 atom stereocenters. The van der Waals surface area contributed by atoms with Crippen LogP contribution in [0.1, 0.15) is 44.9 Å². The molecule has 0 nitrogen and oxygen atoms in total. The second-order valence-electron chi connectivity index (χ2n) is 4.94. The van der Waals surface area contributed by atoms with E-state index in [-0.39, 0.29) is 0 Å². The monoisotopic (exact) mass is 324 g/mol. The normalized spacial score (nSPS) is 28.9. The Bertz CT molecular complexity index is 169. The molecule has 0 aromatic heterocycles. The van der Waals surface area contributed by atoms with Crippen LogP contribution in [0.4, 0.5) is 0 Å². The Labute approximate surface area is 106 Å². The molecule has 0 aromatic rings. The zero-order valence-electron chi connectivity index (χ0n) is 8.93. The average molecular weight is 324 g/mol. The molecule has 0 amide bonds. The van der Waals surface area contributed by atoms with Crippen molar-refractivity contribution in [3.63, 3.8) is 0 Å². The van der Waals surface area contributed by atoms with Crippen molar-refractivity contribution in [3.05, 3.63) is 0 Å². The van der Waals surface area contributed by atoms with Gasteiger partial charge in [0.15, 0.2) is 0 Å². The van der Waals surface area contributed by atoms with E-state index >= 15 is 0 Å². The Morgan fingerprint density at radius 2 is 1.71 bits per heavy atom. The highest BCUT2D eigenvalue weighted by Crippen LogP contribution is 2.48. The molecule has 82 valence electrons. The van der Waals surface area contributed by atoms with Crippen molar-refractivity contribution in [2.75, 3.05) is 15.9 Å². The minimum absolute atomic E-state index is 0.756. The minimum atomic E-state index is 0.756. The third kappa shape index (κ3) is 2.42. The van der Waals surface area contributed by atoms with Crippen molar-refractivity contribution >= 4 is 34.4 Å². The lowest BCUT2D eigenvalue weighted by atomic mass is 9.67. The lowest BCUT2D eigenvalue weighted by Gasteiger charge is -2.44. The van der Waals surface area contributed by atoms with Crippen molar-refractivity contribution < 1.29 is 0 Å². The standard InChI is InChI=1S/C12H21IS/c13-10-12(6-8-14-9-7-12)11-4-2-1-3-5-11/h11H,1-10H2. The van der Waals surface area contributed by atoms with Gasteiger partial charge in [-0.05, 0) is 48.5 Å². The van der Waals surface area contributed by atoms with Gasteiger partial charge in [0.1, 0.15) is 0 Å². The van der Waals surface area contributed by atoms with Gasteiger partial charge in [0, 0.05) is 4.43 Å². The second kappa shape index (κ2) is 5.42. The maximum absolute atomic E-state index is 2.65. The predicted molar refractivity (Wildman–Crippen MR) is 74.5 cm³/mol. The van der Waals surface area contributed by atoms with E-state index in [1.807, 2.05) is 0 Å². The second-order valence-corrected chi connectivity index (χ2v) is 6.93. The van der Waals surface area contributed by atoms with Crippen LogP contribution in [0.15, 0.2) is 0 Å². The lowest BCUT2D eigenvalue weighted by molar-refractivity contribution is 0.134. The van der Waals surface area contributed by atoms with E-state index in [4.69, 9.17) is 0 Å². The van der Waals surface area contributed by atoms with Crippen LogP contribution in [0.3, 0.4) is 0 Å². The number of thioether (sulfide) groups is 1. The summed E-state index contributed by atoms with van der Waals surface area (Å²) in [7, 11) is 0. The third-order valence-corrected chi connectivity index (χ3v) is 6.73. The van der Waals surface area contributed by atoms with Crippen molar-refractivity contribution in [1.29, 1.82) is 0 Å². The number of alkyl halides is 1. The average Bonchev–Trinajstić information content (AvgIpc) is 2.31. The van der Waals surface area contributed by atoms with Crippen LogP contribution in [0.2, 0.25) is 0 Å². The van der Waals surface area contributed by atoms with E-state index in [1.54, 1.807) is 0 Å². The summed E-state index contributed by atoms with van der Waals surface area (Å²) >= 11 is 4.83. The fourth-order valence-corrected chi connectivity index (χ4v) is 5.84. The Kier molecular flexibility index (Phi) is 4.48. The molecular weight excluding hydrogens is 303 g/mol. The third-order valence-electron chi connectivity index (χ3n) is 4.23. The van der Waals surface area contributed by atoms with Crippen molar-refractivity contribution in [2.24, 2.45) is 11.3 Å². The molecule has 0 unspecified atom stereocenters. The molecule has 2 fully saturated rings. The molecule has 1 saturated carbocycles. The van der Waals surface area contributed by atoms with E-state index in [2.05, 4.69) is 34.4 Å². The summed E-state index contributed by atoms with van der Waals surface area (Å²) in [6.45, 7) is 0. The molecule has 1 saturated heterocycles. The molecular formula is C12H21IS. The summed E-state index contributed by atoms with van der Waals surface area (Å²) in [6.07, 6.45) is 10.6. The highest BCUT2D eigenvalue weighted by Gasteiger charge is 2.39. The van der Waals surface area contributed by atoms with E-state index in [0.717, 1.165) is 11.3 Å². The number of rotatable bonds is 2. The molecule has 2 rings (SSSR count). The van der Waals surface area contributed by atoms with Crippen LogP contribution < -0.4 is 0 Å². The first-order valence-corrected chi connectivity index (χ1v) is 8.69. The van der Waals surface area contributed by atoms with E-state index < -0.39 is 0 Å². The topological polar surface area (TPSA) is 0 Å². The van der Waals surface area contributed by atoms with Gasteiger partial charge in [0.2, 0.25) is 0 Å². The van der Waals surface area contributed by atoms with Gasteiger partial charge in [-0.3, -0.25) is 0 Å². The predicted octanol–water partition coefficient (Wildman–Crippen LogP) is 4.52. The van der Waals surface area contributed by atoms with Crippen molar-refractivity contribution in [2.45, 2.75) is 44.9 Å². The smallest absolute Gasteiger partial charge is 0.00552 e. The van der Waals surface area contributed by atoms with Gasteiger partial charge >= 0.3 is 0 Å². The Morgan fingerprint density at radius 1 is 1.07 bits per heavy atom. The first kappa shape index (κ1) is 11.6. The Hall–Kier alpha value is 1.08. The highest BCUT2D eigenvalue weighted by molar-refractivity contribution is 14.1. The first-order chi connectivity index (χ1) is 6.87. The van der Waals surface area contributed by atoms with Gasteiger partial charge < -0.3 is 0 Å². The van der Waals surface area contributed by atoms with E-state index in [9.17, 15) is 0 Å². The molecule has 0 aromatic carbocycles. The van der Waals surface area contributed by atoms with Gasteiger partial charge in [0.05, 0.1) is 0 Å². The highest BCUT2D eigenvalue weighted by atomic mass is 127. The zero-order chi connectivity index (χ0) is 9.86. The number of hydrogen-bond acceptors (Lipinski definition) is 1. The van der Waals surface area contributed by atoms with Gasteiger partial charge in [0.25, 0.3) is 0 Å². The summed E-state index contributed by atoms with van der Waals surface area (Å²) in [4.78, 5) is 0. The summed E-state index contributed by atoms with van der Waals surface area (Å²) in [5.74, 6) is 3.94. The summed E-state index contributed by atoms with van der Waals surface area (Å²) in [6, 6.07) is 0. The molecule has 2 heteroatoms. The Balaban J connectivity index is 2.01. The summed E-state index contributed by atoms with van der Waals surface area (Å²) < 4.78 is 1.41. The lowest BCUT2D eigenvalue weighted by Crippen LogP contribution is -2.37. The van der Waals surface area contributed by atoms with Gasteiger partial charge in [-0.25, -0.2) is 0 Å². The molecule has 1 aliphatic carbocycles. The molecule has 1 aliphatic heterocycles. The molecule has 0 bridgehead atoms.